The average molecular weight is 290 g/mol. The normalized spacial score (nSPS) is 10.4. The van der Waals surface area contributed by atoms with E-state index in [1.54, 1.807) is 0 Å². The van der Waals surface area contributed by atoms with Gasteiger partial charge in [-0.2, -0.15) is 0 Å². The highest BCUT2D eigenvalue weighted by atomic mass is 16.5. The Bertz CT molecular complexity index is 239. The molecule has 7 heteroatoms. The molecule has 0 aromatic carbocycles. The molecule has 0 rings (SSSR count). The van der Waals surface area contributed by atoms with E-state index in [0.717, 1.165) is 13.0 Å². The lowest BCUT2D eigenvalue weighted by atomic mass is 10.5. The van der Waals surface area contributed by atoms with Crippen molar-refractivity contribution < 1.29 is 23.7 Å². The average Bonchev–Trinajstić information content (AvgIpc) is 2.45. The summed E-state index contributed by atoms with van der Waals surface area (Å²) in [5, 5.41) is 9.42. The highest BCUT2D eigenvalue weighted by Crippen LogP contribution is 1.82. The third-order valence-electron chi connectivity index (χ3n) is 2.10. The van der Waals surface area contributed by atoms with Gasteiger partial charge in [0.05, 0.1) is 39.6 Å². The number of hydrogen-bond acceptors (Lipinski definition) is 6. The zero-order valence-corrected chi connectivity index (χ0v) is 12.2. The third kappa shape index (κ3) is 15.0. The number of rotatable bonds is 15. The molecule has 0 aromatic heterocycles. The molecule has 0 aromatic rings. The van der Waals surface area contributed by atoms with Gasteiger partial charge in [-0.05, 0) is 6.42 Å². The first-order chi connectivity index (χ1) is 9.81. The molecule has 0 atom stereocenters. The van der Waals surface area contributed by atoms with Crippen LogP contribution in [0.5, 0.6) is 0 Å². The van der Waals surface area contributed by atoms with E-state index < -0.39 is 0 Å². The van der Waals surface area contributed by atoms with Crippen LogP contribution in [0.4, 0.5) is 0 Å². The summed E-state index contributed by atoms with van der Waals surface area (Å²) < 4.78 is 20.6. The molecule has 0 unspecified atom stereocenters. The topological polar surface area (TPSA) is 89.9 Å². The monoisotopic (exact) mass is 290 g/mol. The molecule has 2 N–H and O–H groups in total. The molecule has 0 saturated carbocycles. The molecule has 0 heterocycles. The second-order valence-electron chi connectivity index (χ2n) is 3.91. The number of hydrogen-bond donors (Lipinski definition) is 2. The summed E-state index contributed by atoms with van der Waals surface area (Å²) in [6, 6.07) is 0. The number of ether oxygens (including phenoxy) is 4. The highest BCUT2D eigenvalue weighted by molar-refractivity contribution is 5.77. The summed E-state index contributed by atoms with van der Waals surface area (Å²) in [5.41, 5.74) is 0. The van der Waals surface area contributed by atoms with Crippen LogP contribution in [0.15, 0.2) is 0 Å². The predicted molar refractivity (Wildman–Crippen MR) is 75.4 cm³/mol. The molecular formula is C13H26N2O5. The van der Waals surface area contributed by atoms with Crippen molar-refractivity contribution in [2.75, 3.05) is 59.4 Å². The van der Waals surface area contributed by atoms with Gasteiger partial charge in [-0.15, -0.1) is 0 Å². The van der Waals surface area contributed by atoms with Crippen molar-refractivity contribution in [2.24, 2.45) is 0 Å². The van der Waals surface area contributed by atoms with Crippen LogP contribution in [0.3, 0.4) is 0 Å². The molecule has 0 aliphatic rings. The fourth-order valence-electron chi connectivity index (χ4n) is 1.20. The Hall–Kier alpha value is -1.02. The van der Waals surface area contributed by atoms with Crippen LogP contribution in [0.25, 0.3) is 0 Å². The van der Waals surface area contributed by atoms with Gasteiger partial charge >= 0.3 is 0 Å². The minimum Gasteiger partial charge on any atom is -0.379 e. The molecule has 118 valence electrons. The molecule has 0 saturated heterocycles. The largest absolute Gasteiger partial charge is 0.379 e. The lowest BCUT2D eigenvalue weighted by Gasteiger charge is -2.07. The second kappa shape index (κ2) is 16.0. The SMILES string of the molecule is CCCOCCOCC(=O)NCCOCCOCC=N. The van der Waals surface area contributed by atoms with Gasteiger partial charge in [0.1, 0.15) is 6.61 Å². The van der Waals surface area contributed by atoms with E-state index in [4.69, 9.17) is 24.4 Å². The summed E-state index contributed by atoms with van der Waals surface area (Å²) in [5.74, 6) is -0.163. The van der Waals surface area contributed by atoms with Crippen LogP contribution in [0.2, 0.25) is 0 Å². The van der Waals surface area contributed by atoms with Gasteiger partial charge in [-0.3, -0.25) is 4.79 Å². The number of amides is 1. The van der Waals surface area contributed by atoms with Crippen LogP contribution in [0, 0.1) is 5.41 Å². The van der Waals surface area contributed by atoms with E-state index in [9.17, 15) is 4.79 Å². The molecule has 20 heavy (non-hydrogen) atoms. The standard InChI is InChI=1S/C13H26N2O5/c1-2-5-17-10-11-20-12-13(16)15-4-7-19-9-8-18-6-3-14/h3,14H,2,4-12H2,1H3,(H,15,16). The van der Waals surface area contributed by atoms with Gasteiger partial charge in [-0.1, -0.05) is 6.92 Å². The first-order valence-corrected chi connectivity index (χ1v) is 6.87. The van der Waals surface area contributed by atoms with Crippen molar-refractivity contribution in [3.63, 3.8) is 0 Å². The molecule has 0 fully saturated rings. The maximum atomic E-state index is 11.3. The van der Waals surface area contributed by atoms with Crippen molar-refractivity contribution in [3.8, 4) is 0 Å². The molecule has 0 aliphatic carbocycles. The van der Waals surface area contributed by atoms with Crippen LogP contribution < -0.4 is 5.32 Å². The predicted octanol–water partition coefficient (Wildman–Crippen LogP) is 0.229. The van der Waals surface area contributed by atoms with E-state index in [1.165, 1.54) is 6.21 Å². The molecule has 0 aliphatic heterocycles. The third-order valence-corrected chi connectivity index (χ3v) is 2.10. The van der Waals surface area contributed by atoms with Gasteiger partial charge < -0.3 is 29.7 Å². The van der Waals surface area contributed by atoms with Crippen molar-refractivity contribution >= 4 is 12.1 Å². The van der Waals surface area contributed by atoms with Crippen molar-refractivity contribution in [2.45, 2.75) is 13.3 Å². The van der Waals surface area contributed by atoms with Crippen LogP contribution in [-0.2, 0) is 23.7 Å². The smallest absolute Gasteiger partial charge is 0.246 e. The Balaban J connectivity index is 3.14. The van der Waals surface area contributed by atoms with E-state index in [1.807, 2.05) is 6.92 Å². The molecular weight excluding hydrogens is 264 g/mol. The maximum absolute atomic E-state index is 11.3. The molecule has 0 bridgehead atoms. The number of nitrogens with one attached hydrogen (secondary N) is 2. The fraction of sp³-hybridized carbons (Fsp3) is 0.846. The Labute approximate surface area is 120 Å². The van der Waals surface area contributed by atoms with Gasteiger partial charge in [0, 0.05) is 19.4 Å². The highest BCUT2D eigenvalue weighted by Gasteiger charge is 2.00. The summed E-state index contributed by atoms with van der Waals surface area (Å²) in [6.07, 6.45) is 2.17. The summed E-state index contributed by atoms with van der Waals surface area (Å²) in [6.45, 7) is 5.82. The summed E-state index contributed by atoms with van der Waals surface area (Å²) in [7, 11) is 0. The fourth-order valence-corrected chi connectivity index (χ4v) is 1.20. The molecule has 0 spiro atoms. The summed E-state index contributed by atoms with van der Waals surface area (Å²) in [4.78, 5) is 11.3. The van der Waals surface area contributed by atoms with Gasteiger partial charge in [0.2, 0.25) is 5.91 Å². The Kier molecular flexibility index (Phi) is 15.2. The Morgan fingerprint density at radius 3 is 2.35 bits per heavy atom. The van der Waals surface area contributed by atoms with E-state index in [0.29, 0.717) is 46.2 Å². The van der Waals surface area contributed by atoms with Crippen LogP contribution >= 0.6 is 0 Å². The Morgan fingerprint density at radius 2 is 1.65 bits per heavy atom. The number of carbonyl (C=O) groups excluding carboxylic acids is 1. The van der Waals surface area contributed by atoms with Crippen molar-refractivity contribution in [3.05, 3.63) is 0 Å². The zero-order valence-electron chi connectivity index (χ0n) is 12.2. The maximum Gasteiger partial charge on any atom is 0.246 e. The van der Waals surface area contributed by atoms with E-state index >= 15 is 0 Å². The van der Waals surface area contributed by atoms with E-state index in [2.05, 4.69) is 5.32 Å². The second-order valence-corrected chi connectivity index (χ2v) is 3.91. The van der Waals surface area contributed by atoms with Gasteiger partial charge in [0.15, 0.2) is 0 Å². The van der Waals surface area contributed by atoms with Crippen LogP contribution in [0.1, 0.15) is 13.3 Å². The van der Waals surface area contributed by atoms with Crippen molar-refractivity contribution in [1.29, 1.82) is 5.41 Å². The first-order valence-electron chi connectivity index (χ1n) is 6.87. The van der Waals surface area contributed by atoms with E-state index in [-0.39, 0.29) is 12.5 Å². The summed E-state index contributed by atoms with van der Waals surface area (Å²) >= 11 is 0. The quantitative estimate of drug-likeness (QED) is 0.333. The van der Waals surface area contributed by atoms with Gasteiger partial charge in [0.25, 0.3) is 0 Å². The minimum absolute atomic E-state index is 0.0396. The van der Waals surface area contributed by atoms with Crippen molar-refractivity contribution in [1.82, 2.24) is 5.32 Å². The minimum atomic E-state index is -0.163. The van der Waals surface area contributed by atoms with Gasteiger partial charge in [-0.25, -0.2) is 0 Å². The lowest BCUT2D eigenvalue weighted by molar-refractivity contribution is -0.126. The lowest BCUT2D eigenvalue weighted by Crippen LogP contribution is -2.31. The first kappa shape index (κ1) is 19.0. The zero-order chi connectivity index (χ0) is 14.9. The number of carbonyl (C=O) groups is 1. The van der Waals surface area contributed by atoms with Crippen LogP contribution in [-0.4, -0.2) is 71.5 Å². The molecule has 1 amide bonds. The molecule has 0 radical (unpaired) electrons. The molecule has 7 nitrogen and oxygen atoms in total. The Morgan fingerprint density at radius 1 is 1.00 bits per heavy atom.